The van der Waals surface area contributed by atoms with Crippen molar-refractivity contribution in [3.05, 3.63) is 71.6 Å². The van der Waals surface area contributed by atoms with E-state index in [1.165, 1.54) is 18.2 Å². The van der Waals surface area contributed by atoms with Gasteiger partial charge in [-0.1, -0.05) is 24.3 Å². The maximum absolute atomic E-state index is 12.8. The van der Waals surface area contributed by atoms with Crippen LogP contribution in [0, 0.1) is 17.1 Å². The summed E-state index contributed by atoms with van der Waals surface area (Å²) >= 11 is 0. The van der Waals surface area contributed by atoms with Gasteiger partial charge in [0.2, 0.25) is 11.8 Å². The van der Waals surface area contributed by atoms with Gasteiger partial charge in [0.25, 0.3) is 0 Å². The van der Waals surface area contributed by atoms with E-state index in [2.05, 4.69) is 10.6 Å². The molecule has 25 heavy (non-hydrogen) atoms. The van der Waals surface area contributed by atoms with Gasteiger partial charge in [0.15, 0.2) is 0 Å². The summed E-state index contributed by atoms with van der Waals surface area (Å²) in [7, 11) is 0. The van der Waals surface area contributed by atoms with E-state index in [1.807, 2.05) is 6.07 Å². The topological polar surface area (TPSA) is 82.0 Å². The van der Waals surface area contributed by atoms with Crippen molar-refractivity contribution in [1.29, 1.82) is 5.26 Å². The third-order valence-electron chi connectivity index (χ3n) is 3.21. The second kappa shape index (κ2) is 8.99. The highest BCUT2D eigenvalue weighted by molar-refractivity contribution is 5.92. The number of amides is 2. The van der Waals surface area contributed by atoms with Crippen LogP contribution in [-0.2, 0) is 16.1 Å². The fraction of sp³-hybridized carbons (Fsp3) is 0.105. The van der Waals surface area contributed by atoms with Crippen LogP contribution in [0.4, 0.5) is 10.1 Å². The van der Waals surface area contributed by atoms with Gasteiger partial charge >= 0.3 is 0 Å². The minimum atomic E-state index is -0.383. The van der Waals surface area contributed by atoms with Gasteiger partial charge in [0.05, 0.1) is 6.07 Å². The Morgan fingerprint density at radius 1 is 1.16 bits per heavy atom. The maximum atomic E-state index is 12.8. The van der Waals surface area contributed by atoms with E-state index in [0.717, 1.165) is 11.1 Å². The maximum Gasteiger partial charge on any atom is 0.244 e. The quantitative estimate of drug-likeness (QED) is 0.795. The highest BCUT2D eigenvalue weighted by Crippen LogP contribution is 2.11. The molecule has 2 amide bonds. The molecule has 0 atom stereocenters. The molecule has 5 nitrogen and oxygen atoms in total. The minimum absolute atomic E-state index is 0.213. The normalized spacial score (nSPS) is 10.2. The van der Waals surface area contributed by atoms with Gasteiger partial charge in [-0.05, 0) is 41.5 Å². The van der Waals surface area contributed by atoms with Crippen LogP contribution in [0.25, 0.3) is 6.08 Å². The molecule has 6 heteroatoms. The lowest BCUT2D eigenvalue weighted by Crippen LogP contribution is -2.20. The molecule has 0 saturated heterocycles. The van der Waals surface area contributed by atoms with E-state index in [1.54, 1.807) is 42.5 Å². The van der Waals surface area contributed by atoms with Crippen molar-refractivity contribution in [3.8, 4) is 6.07 Å². The average molecular weight is 337 g/mol. The van der Waals surface area contributed by atoms with Crippen molar-refractivity contribution >= 4 is 23.6 Å². The highest BCUT2D eigenvalue weighted by Gasteiger charge is 2.03. The summed E-state index contributed by atoms with van der Waals surface area (Å²) < 4.78 is 12.8. The number of benzene rings is 2. The molecular weight excluding hydrogens is 321 g/mol. The lowest BCUT2D eigenvalue weighted by atomic mass is 10.2. The van der Waals surface area contributed by atoms with E-state index in [-0.39, 0.29) is 30.6 Å². The number of nitriles is 1. The fourth-order valence-electron chi connectivity index (χ4n) is 2.03. The lowest BCUT2D eigenvalue weighted by Gasteiger charge is -2.07. The summed E-state index contributed by atoms with van der Waals surface area (Å²) in [6.07, 6.45) is 2.74. The van der Waals surface area contributed by atoms with E-state index in [9.17, 15) is 14.0 Å². The Hall–Kier alpha value is -3.46. The number of hydrogen-bond acceptors (Lipinski definition) is 3. The average Bonchev–Trinajstić information content (AvgIpc) is 2.60. The molecule has 0 fully saturated rings. The molecular formula is C19H16FN3O2. The first kappa shape index (κ1) is 17.9. The van der Waals surface area contributed by atoms with E-state index in [0.29, 0.717) is 5.69 Å². The zero-order valence-electron chi connectivity index (χ0n) is 13.3. The molecule has 2 aromatic carbocycles. The Balaban J connectivity index is 1.88. The number of carbonyl (C=O) groups excluding carboxylic acids is 2. The third kappa shape index (κ3) is 6.28. The molecule has 2 aromatic rings. The summed E-state index contributed by atoms with van der Waals surface area (Å²) in [5, 5.41) is 13.8. The summed E-state index contributed by atoms with van der Waals surface area (Å²) in [4.78, 5) is 23.2. The highest BCUT2D eigenvalue weighted by atomic mass is 19.1. The molecule has 126 valence electrons. The Bertz CT molecular complexity index is 823. The van der Waals surface area contributed by atoms with Crippen molar-refractivity contribution in [1.82, 2.24) is 5.32 Å². The van der Waals surface area contributed by atoms with Crippen LogP contribution in [0.5, 0.6) is 0 Å². The van der Waals surface area contributed by atoms with Crippen LogP contribution in [0.2, 0.25) is 0 Å². The summed E-state index contributed by atoms with van der Waals surface area (Å²) in [5.41, 5.74) is 2.09. The van der Waals surface area contributed by atoms with Gasteiger partial charge in [-0.2, -0.15) is 5.26 Å². The van der Waals surface area contributed by atoms with E-state index in [4.69, 9.17) is 5.26 Å². The van der Waals surface area contributed by atoms with E-state index < -0.39 is 0 Å². The van der Waals surface area contributed by atoms with Crippen molar-refractivity contribution in [2.75, 3.05) is 5.32 Å². The molecule has 0 unspecified atom stereocenters. The molecule has 0 heterocycles. The van der Waals surface area contributed by atoms with Gasteiger partial charge in [0, 0.05) is 18.3 Å². The smallest absolute Gasteiger partial charge is 0.244 e. The molecule has 0 bridgehead atoms. The zero-order chi connectivity index (χ0) is 18.1. The fourth-order valence-corrected chi connectivity index (χ4v) is 2.03. The first-order valence-electron chi connectivity index (χ1n) is 7.54. The Kier molecular flexibility index (Phi) is 6.43. The van der Waals surface area contributed by atoms with Gasteiger partial charge in [0.1, 0.15) is 12.2 Å². The van der Waals surface area contributed by atoms with Crippen molar-refractivity contribution in [3.63, 3.8) is 0 Å². The predicted molar refractivity (Wildman–Crippen MR) is 92.6 cm³/mol. The van der Waals surface area contributed by atoms with Gasteiger partial charge in [-0.3, -0.25) is 9.59 Å². The largest absolute Gasteiger partial charge is 0.348 e. The number of anilines is 1. The number of carbonyl (C=O) groups is 2. The molecule has 0 radical (unpaired) electrons. The molecule has 2 rings (SSSR count). The molecule has 0 aromatic heterocycles. The Morgan fingerprint density at radius 2 is 1.92 bits per heavy atom. The van der Waals surface area contributed by atoms with Crippen LogP contribution in [0.3, 0.4) is 0 Å². The van der Waals surface area contributed by atoms with Gasteiger partial charge in [-0.15, -0.1) is 0 Å². The van der Waals surface area contributed by atoms with Crippen molar-refractivity contribution in [2.45, 2.75) is 13.0 Å². The van der Waals surface area contributed by atoms with Crippen LogP contribution in [-0.4, -0.2) is 11.8 Å². The minimum Gasteiger partial charge on any atom is -0.348 e. The SMILES string of the molecule is N#CCC(=O)Nc1cccc(CNC(=O)/C=C/c2ccc(F)cc2)c1. The summed E-state index contributed by atoms with van der Waals surface area (Å²) in [5.74, 6) is -1.00. The first-order chi connectivity index (χ1) is 12.1. The van der Waals surface area contributed by atoms with Crippen LogP contribution in [0.1, 0.15) is 17.5 Å². The molecule has 0 aliphatic rings. The molecule has 0 saturated carbocycles. The van der Waals surface area contributed by atoms with Gasteiger partial charge in [-0.25, -0.2) is 4.39 Å². The zero-order valence-corrected chi connectivity index (χ0v) is 13.3. The van der Waals surface area contributed by atoms with Crippen LogP contribution in [0.15, 0.2) is 54.6 Å². The number of nitrogens with one attached hydrogen (secondary N) is 2. The number of rotatable bonds is 6. The van der Waals surface area contributed by atoms with E-state index >= 15 is 0 Å². The number of hydrogen-bond donors (Lipinski definition) is 2. The summed E-state index contributed by atoms with van der Waals surface area (Å²) in [6.45, 7) is 0.286. The Morgan fingerprint density at radius 3 is 2.64 bits per heavy atom. The second-order valence-corrected chi connectivity index (χ2v) is 5.19. The molecule has 0 aliphatic heterocycles. The summed E-state index contributed by atoms with van der Waals surface area (Å²) in [6, 6.07) is 14.6. The molecule has 2 N–H and O–H groups in total. The number of nitrogens with zero attached hydrogens (tertiary/aromatic N) is 1. The molecule has 0 aliphatic carbocycles. The van der Waals surface area contributed by atoms with Gasteiger partial charge < -0.3 is 10.6 Å². The second-order valence-electron chi connectivity index (χ2n) is 5.19. The first-order valence-corrected chi connectivity index (χ1v) is 7.54. The van der Waals surface area contributed by atoms with Crippen molar-refractivity contribution < 1.29 is 14.0 Å². The van der Waals surface area contributed by atoms with Crippen LogP contribution < -0.4 is 10.6 Å². The predicted octanol–water partition coefficient (Wildman–Crippen LogP) is 3.01. The monoisotopic (exact) mass is 337 g/mol. The standard InChI is InChI=1S/C19H16FN3O2/c20-16-7-4-14(5-8-16)6-9-18(24)22-13-15-2-1-3-17(12-15)23-19(25)10-11-21/h1-9,12H,10,13H2,(H,22,24)(H,23,25)/b9-6+. The lowest BCUT2D eigenvalue weighted by molar-refractivity contribution is -0.117. The third-order valence-corrected chi connectivity index (χ3v) is 3.21. The number of halogens is 1. The van der Waals surface area contributed by atoms with Crippen LogP contribution >= 0.6 is 0 Å². The Labute approximate surface area is 144 Å². The van der Waals surface area contributed by atoms with Crippen molar-refractivity contribution in [2.24, 2.45) is 0 Å². The molecule has 0 spiro atoms.